The summed E-state index contributed by atoms with van der Waals surface area (Å²) in [5, 5.41) is 2.82. The second kappa shape index (κ2) is 5.96. The largest absolute Gasteiger partial charge is 0.321 e. The topological polar surface area (TPSA) is 54.9 Å². The van der Waals surface area contributed by atoms with Gasteiger partial charge in [-0.2, -0.15) is 0 Å². The van der Waals surface area contributed by atoms with Gasteiger partial charge in [0, 0.05) is 23.5 Å². The highest BCUT2D eigenvalue weighted by Gasteiger charge is 2.05. The molecular formula is C17H13N3O. The summed E-state index contributed by atoms with van der Waals surface area (Å²) in [6.07, 6.45) is 5.10. The fourth-order valence-electron chi connectivity index (χ4n) is 1.95. The van der Waals surface area contributed by atoms with E-state index in [4.69, 9.17) is 0 Å². The first-order valence-electron chi connectivity index (χ1n) is 6.56. The van der Waals surface area contributed by atoms with Gasteiger partial charge in [-0.25, -0.2) is 0 Å². The first-order valence-corrected chi connectivity index (χ1v) is 6.56. The molecular weight excluding hydrogens is 262 g/mol. The van der Waals surface area contributed by atoms with E-state index in [1.165, 1.54) is 0 Å². The quantitative estimate of drug-likeness (QED) is 0.797. The van der Waals surface area contributed by atoms with Crippen LogP contribution in [0.5, 0.6) is 0 Å². The molecule has 3 rings (SSSR count). The summed E-state index contributed by atoms with van der Waals surface area (Å²) in [7, 11) is 0. The highest BCUT2D eigenvalue weighted by molar-refractivity contribution is 6.04. The molecule has 2 heterocycles. The van der Waals surface area contributed by atoms with Gasteiger partial charge in [-0.3, -0.25) is 14.8 Å². The number of pyridine rings is 2. The first kappa shape index (κ1) is 13.0. The van der Waals surface area contributed by atoms with Crippen molar-refractivity contribution in [3.63, 3.8) is 0 Å². The number of carbonyl (C=O) groups is 1. The third-order valence-electron chi connectivity index (χ3n) is 3.03. The van der Waals surface area contributed by atoms with Gasteiger partial charge in [0.1, 0.15) is 0 Å². The Balaban J connectivity index is 1.75. The van der Waals surface area contributed by atoms with E-state index in [1.807, 2.05) is 42.5 Å². The average Bonchev–Trinajstić information content (AvgIpc) is 2.57. The minimum Gasteiger partial charge on any atom is -0.321 e. The second-order valence-electron chi connectivity index (χ2n) is 4.49. The number of nitrogens with zero attached hydrogens (tertiary/aromatic N) is 2. The molecule has 3 aromatic rings. The lowest BCUT2D eigenvalue weighted by Crippen LogP contribution is -2.11. The molecule has 21 heavy (non-hydrogen) atoms. The smallest absolute Gasteiger partial charge is 0.255 e. The van der Waals surface area contributed by atoms with Crippen LogP contribution in [0.1, 0.15) is 10.4 Å². The Labute approximate surface area is 122 Å². The van der Waals surface area contributed by atoms with Crippen LogP contribution >= 0.6 is 0 Å². The Morgan fingerprint density at radius 3 is 2.33 bits per heavy atom. The molecule has 4 nitrogen and oxygen atoms in total. The van der Waals surface area contributed by atoms with E-state index in [0.717, 1.165) is 11.3 Å². The lowest BCUT2D eigenvalue weighted by Gasteiger charge is -2.06. The molecule has 0 aliphatic rings. The van der Waals surface area contributed by atoms with Gasteiger partial charge >= 0.3 is 0 Å². The van der Waals surface area contributed by atoms with E-state index < -0.39 is 0 Å². The van der Waals surface area contributed by atoms with Crippen LogP contribution in [-0.2, 0) is 0 Å². The number of benzene rings is 1. The van der Waals surface area contributed by atoms with Crippen molar-refractivity contribution in [2.45, 2.75) is 0 Å². The molecule has 4 heteroatoms. The van der Waals surface area contributed by atoms with Crippen LogP contribution in [0.25, 0.3) is 11.3 Å². The van der Waals surface area contributed by atoms with E-state index in [1.54, 1.807) is 30.7 Å². The van der Waals surface area contributed by atoms with Gasteiger partial charge in [-0.15, -0.1) is 0 Å². The molecule has 0 fully saturated rings. The van der Waals surface area contributed by atoms with Gasteiger partial charge in [0.05, 0.1) is 17.6 Å². The molecule has 0 aliphatic heterocycles. The molecule has 1 aromatic carbocycles. The van der Waals surface area contributed by atoms with E-state index in [-0.39, 0.29) is 5.91 Å². The summed E-state index contributed by atoms with van der Waals surface area (Å²) < 4.78 is 0. The summed E-state index contributed by atoms with van der Waals surface area (Å²) >= 11 is 0. The molecule has 0 unspecified atom stereocenters. The van der Waals surface area contributed by atoms with Crippen LogP contribution in [0.2, 0.25) is 0 Å². The molecule has 0 spiro atoms. The second-order valence-corrected chi connectivity index (χ2v) is 4.49. The number of hydrogen-bond donors (Lipinski definition) is 1. The molecule has 0 saturated heterocycles. The van der Waals surface area contributed by atoms with Gasteiger partial charge in [-0.05, 0) is 36.4 Å². The Bertz CT molecular complexity index is 725. The molecule has 0 radical (unpaired) electrons. The number of hydrogen-bond acceptors (Lipinski definition) is 3. The van der Waals surface area contributed by atoms with E-state index in [2.05, 4.69) is 15.3 Å². The maximum Gasteiger partial charge on any atom is 0.255 e. The zero-order valence-electron chi connectivity index (χ0n) is 11.2. The lowest BCUT2D eigenvalue weighted by molar-refractivity contribution is 0.102. The van der Waals surface area contributed by atoms with Crippen molar-refractivity contribution >= 4 is 11.6 Å². The number of carbonyl (C=O) groups excluding carboxylic acids is 1. The fourth-order valence-corrected chi connectivity index (χ4v) is 1.95. The van der Waals surface area contributed by atoms with Crippen LogP contribution < -0.4 is 5.32 Å². The van der Waals surface area contributed by atoms with Crippen molar-refractivity contribution in [2.75, 3.05) is 5.32 Å². The summed E-state index contributed by atoms with van der Waals surface area (Å²) in [6, 6.07) is 16.6. The Morgan fingerprint density at radius 1 is 0.905 bits per heavy atom. The van der Waals surface area contributed by atoms with Crippen molar-refractivity contribution in [1.82, 2.24) is 9.97 Å². The van der Waals surface area contributed by atoms with Gasteiger partial charge < -0.3 is 5.32 Å². The van der Waals surface area contributed by atoms with Crippen molar-refractivity contribution in [3.8, 4) is 11.3 Å². The minimum atomic E-state index is -0.144. The third kappa shape index (κ3) is 3.12. The summed E-state index contributed by atoms with van der Waals surface area (Å²) in [6.45, 7) is 0. The highest BCUT2D eigenvalue weighted by atomic mass is 16.1. The predicted molar refractivity (Wildman–Crippen MR) is 81.9 cm³/mol. The van der Waals surface area contributed by atoms with Crippen LogP contribution in [-0.4, -0.2) is 15.9 Å². The standard InChI is InChI=1S/C17H13N3O/c21-17(14-4-2-1-3-5-14)20-15-6-7-16(19-12-15)13-8-10-18-11-9-13/h1-12H,(H,20,21). The van der Waals surface area contributed by atoms with Crippen molar-refractivity contribution in [3.05, 3.63) is 78.8 Å². The van der Waals surface area contributed by atoms with Gasteiger partial charge in [0.15, 0.2) is 0 Å². The SMILES string of the molecule is O=C(Nc1ccc(-c2ccncc2)nc1)c1ccccc1. The third-order valence-corrected chi connectivity index (χ3v) is 3.03. The molecule has 2 aromatic heterocycles. The van der Waals surface area contributed by atoms with Gasteiger partial charge in [0.2, 0.25) is 0 Å². The monoisotopic (exact) mass is 275 g/mol. The Hall–Kier alpha value is -3.01. The number of anilines is 1. The van der Waals surface area contributed by atoms with Crippen molar-refractivity contribution < 1.29 is 4.79 Å². The van der Waals surface area contributed by atoms with E-state index in [9.17, 15) is 4.79 Å². The van der Waals surface area contributed by atoms with Crippen LogP contribution in [0.4, 0.5) is 5.69 Å². The predicted octanol–water partition coefficient (Wildman–Crippen LogP) is 3.40. The molecule has 0 aliphatic carbocycles. The molecule has 0 bridgehead atoms. The van der Waals surface area contributed by atoms with Crippen LogP contribution in [0.15, 0.2) is 73.2 Å². The summed E-state index contributed by atoms with van der Waals surface area (Å²) in [4.78, 5) is 20.4. The summed E-state index contributed by atoms with van der Waals surface area (Å²) in [5.41, 5.74) is 3.12. The number of nitrogens with one attached hydrogen (secondary N) is 1. The highest BCUT2D eigenvalue weighted by Crippen LogP contribution is 2.17. The Morgan fingerprint density at radius 2 is 1.67 bits per heavy atom. The van der Waals surface area contributed by atoms with Crippen molar-refractivity contribution in [1.29, 1.82) is 0 Å². The zero-order valence-corrected chi connectivity index (χ0v) is 11.2. The van der Waals surface area contributed by atoms with Gasteiger partial charge in [0.25, 0.3) is 5.91 Å². The zero-order chi connectivity index (χ0) is 14.5. The van der Waals surface area contributed by atoms with E-state index >= 15 is 0 Å². The number of amides is 1. The maximum atomic E-state index is 12.0. The fraction of sp³-hybridized carbons (Fsp3) is 0. The normalized spacial score (nSPS) is 10.1. The lowest BCUT2D eigenvalue weighted by atomic mass is 10.2. The van der Waals surface area contributed by atoms with E-state index in [0.29, 0.717) is 11.3 Å². The molecule has 0 saturated carbocycles. The van der Waals surface area contributed by atoms with Crippen molar-refractivity contribution in [2.24, 2.45) is 0 Å². The first-order chi connectivity index (χ1) is 10.3. The Kier molecular flexibility index (Phi) is 3.69. The van der Waals surface area contributed by atoms with Crippen LogP contribution in [0.3, 0.4) is 0 Å². The molecule has 1 N–H and O–H groups in total. The average molecular weight is 275 g/mol. The summed E-state index contributed by atoms with van der Waals surface area (Å²) in [5.74, 6) is -0.144. The minimum absolute atomic E-state index is 0.144. The number of aromatic nitrogens is 2. The number of rotatable bonds is 3. The van der Waals surface area contributed by atoms with Crippen LogP contribution in [0, 0.1) is 0 Å². The molecule has 0 atom stereocenters. The maximum absolute atomic E-state index is 12.0. The van der Waals surface area contributed by atoms with Gasteiger partial charge in [-0.1, -0.05) is 18.2 Å². The molecule has 102 valence electrons. The molecule has 1 amide bonds.